The molecule has 0 fully saturated rings. The molecule has 0 spiro atoms. The maximum Gasteiger partial charge on any atom is 0.219 e. The molecule has 0 unspecified atom stereocenters. The first kappa shape index (κ1) is 18.2. The zero-order valence-electron chi connectivity index (χ0n) is 13.6. The van der Waals surface area contributed by atoms with Gasteiger partial charge in [0.15, 0.2) is 17.2 Å². The summed E-state index contributed by atoms with van der Waals surface area (Å²) in [6.07, 6.45) is 5.48. The number of benzene rings is 2. The molecule has 2 aromatic carbocycles. The third-order valence-corrected chi connectivity index (χ3v) is 3.29. The third kappa shape index (κ3) is 4.67. The van der Waals surface area contributed by atoms with Gasteiger partial charge in [-0.25, -0.2) is 9.97 Å². The first-order chi connectivity index (χ1) is 11.8. The molecule has 128 valence electrons. The maximum atomic E-state index is 5.51. The molecule has 0 saturated carbocycles. The van der Waals surface area contributed by atoms with Crippen LogP contribution in [-0.2, 0) is 0 Å². The minimum Gasteiger partial charge on any atom is -0.441 e. The predicted molar refractivity (Wildman–Crippen MR) is 102 cm³/mol. The Kier molecular flexibility index (Phi) is 6.29. The van der Waals surface area contributed by atoms with Gasteiger partial charge in [0.2, 0.25) is 5.89 Å². The van der Waals surface area contributed by atoms with Crippen molar-refractivity contribution in [2.75, 3.05) is 0 Å². The fourth-order valence-corrected chi connectivity index (χ4v) is 2.23. The van der Waals surface area contributed by atoms with Gasteiger partial charge < -0.3 is 8.83 Å². The molecule has 4 nitrogen and oxygen atoms in total. The Morgan fingerprint density at radius 1 is 0.920 bits per heavy atom. The fourth-order valence-electron chi connectivity index (χ4n) is 2.23. The summed E-state index contributed by atoms with van der Waals surface area (Å²) in [7, 11) is 0. The number of aromatic nitrogens is 2. The average molecular weight is 334 g/mol. The van der Waals surface area contributed by atoms with Gasteiger partial charge >= 0.3 is 0 Å². The Balaban J connectivity index is 0.000000182. The van der Waals surface area contributed by atoms with Gasteiger partial charge in [-0.15, -0.1) is 0 Å². The maximum absolute atomic E-state index is 5.51. The predicted octanol–water partition coefficient (Wildman–Crippen LogP) is 6.15. The van der Waals surface area contributed by atoms with Gasteiger partial charge in [0.25, 0.3) is 0 Å². The molecule has 0 atom stereocenters. The van der Waals surface area contributed by atoms with E-state index in [0.717, 1.165) is 28.3 Å². The summed E-state index contributed by atoms with van der Waals surface area (Å²) in [4.78, 5) is 8.28. The Labute approximate surface area is 147 Å². The van der Waals surface area contributed by atoms with E-state index < -0.39 is 0 Å². The molecule has 0 saturated heterocycles. The van der Waals surface area contributed by atoms with E-state index in [1.165, 1.54) is 0 Å². The number of fused-ring (bicyclic) bond motifs is 1. The van der Waals surface area contributed by atoms with Crippen LogP contribution in [0.5, 0.6) is 0 Å². The number of nitrogens with zero attached hydrogens (tertiary/aromatic N) is 2. The van der Waals surface area contributed by atoms with Gasteiger partial charge in [-0.1, -0.05) is 56.0 Å². The van der Waals surface area contributed by atoms with E-state index in [4.69, 9.17) is 8.83 Å². The smallest absolute Gasteiger partial charge is 0.219 e. The lowest BCUT2D eigenvalue weighted by molar-refractivity contribution is 0.560. The molecule has 2 heterocycles. The van der Waals surface area contributed by atoms with Gasteiger partial charge in [-0.05, 0) is 25.1 Å². The number of oxazole rings is 2. The molecule has 0 N–H and O–H groups in total. The van der Waals surface area contributed by atoms with Crippen LogP contribution in [-0.4, -0.2) is 9.97 Å². The van der Waals surface area contributed by atoms with Crippen LogP contribution < -0.4 is 0 Å². The van der Waals surface area contributed by atoms with E-state index in [2.05, 4.69) is 9.97 Å². The first-order valence-corrected chi connectivity index (χ1v) is 7.72. The van der Waals surface area contributed by atoms with Gasteiger partial charge in [0.1, 0.15) is 5.52 Å². The van der Waals surface area contributed by atoms with Gasteiger partial charge in [-0.2, -0.15) is 0 Å². The van der Waals surface area contributed by atoms with Gasteiger partial charge in [0, 0.05) is 12.5 Å². The summed E-state index contributed by atoms with van der Waals surface area (Å²) in [6, 6.07) is 17.7. The number of hydrogen-bond acceptors (Lipinski definition) is 4. The van der Waals surface area contributed by atoms with Crippen molar-refractivity contribution >= 4 is 17.2 Å². The molecule has 0 bridgehead atoms. The van der Waals surface area contributed by atoms with E-state index in [-0.39, 0.29) is 7.43 Å². The molecule has 0 aliphatic carbocycles. The Morgan fingerprint density at radius 2 is 1.64 bits per heavy atom. The highest BCUT2D eigenvalue weighted by molar-refractivity contribution is 5.71. The summed E-state index contributed by atoms with van der Waals surface area (Å²) in [5, 5.41) is 0. The van der Waals surface area contributed by atoms with Crippen molar-refractivity contribution in [1.29, 1.82) is 0 Å². The van der Waals surface area contributed by atoms with Gasteiger partial charge in [0.05, 0.1) is 6.20 Å². The molecule has 25 heavy (non-hydrogen) atoms. The molecule has 0 aliphatic heterocycles. The highest BCUT2D eigenvalue weighted by atomic mass is 16.4. The van der Waals surface area contributed by atoms with Crippen LogP contribution >= 0.6 is 0 Å². The topological polar surface area (TPSA) is 52.1 Å². The van der Waals surface area contributed by atoms with E-state index in [9.17, 15) is 0 Å². The number of hydrogen-bond donors (Lipinski definition) is 0. The third-order valence-electron chi connectivity index (χ3n) is 3.29. The van der Waals surface area contributed by atoms with Crippen LogP contribution in [0.15, 0.2) is 75.7 Å². The number of aryl methyl sites for hydroxylation is 1. The quantitative estimate of drug-likeness (QED) is 0.441. The van der Waals surface area contributed by atoms with Crippen molar-refractivity contribution in [2.24, 2.45) is 0 Å². The van der Waals surface area contributed by atoms with Crippen LogP contribution in [0.25, 0.3) is 28.5 Å². The highest BCUT2D eigenvalue weighted by Gasteiger charge is 2.02. The monoisotopic (exact) mass is 334 g/mol. The highest BCUT2D eigenvalue weighted by Crippen LogP contribution is 2.20. The standard InChI is InChI=1S/C12H11NO.C8H7NO.CH4/c1-2-6-12-13-9-11(14-12)10-7-4-3-5-8-10;1-6-9-7-4-2-3-5-8(7)10-6;/h2-9H,1H3;2-5H,1H3;1H4/b6-2+;;. The molecule has 4 aromatic rings. The van der Waals surface area contributed by atoms with Crippen LogP contribution in [0.3, 0.4) is 0 Å². The Morgan fingerprint density at radius 3 is 2.36 bits per heavy atom. The molecule has 2 aromatic heterocycles. The molecular weight excluding hydrogens is 312 g/mol. The summed E-state index contributed by atoms with van der Waals surface area (Å²) in [6.45, 7) is 3.78. The molecule has 0 aliphatic rings. The lowest BCUT2D eigenvalue weighted by Gasteiger charge is -1.92. The number of allylic oxidation sites excluding steroid dienone is 1. The van der Waals surface area contributed by atoms with Crippen LogP contribution in [0.4, 0.5) is 0 Å². The Bertz CT molecular complexity index is 904. The zero-order valence-corrected chi connectivity index (χ0v) is 13.6. The molecular formula is C21H22N2O2. The summed E-state index contributed by atoms with van der Waals surface area (Å²) < 4.78 is 10.8. The second-order valence-corrected chi connectivity index (χ2v) is 5.13. The van der Waals surface area contributed by atoms with E-state index >= 15 is 0 Å². The average Bonchev–Trinajstić information content (AvgIpc) is 3.22. The molecule has 4 rings (SSSR count). The van der Waals surface area contributed by atoms with Crippen molar-refractivity contribution in [2.45, 2.75) is 21.3 Å². The summed E-state index contributed by atoms with van der Waals surface area (Å²) in [5.41, 5.74) is 2.84. The zero-order chi connectivity index (χ0) is 16.8. The van der Waals surface area contributed by atoms with E-state index in [0.29, 0.717) is 5.89 Å². The van der Waals surface area contributed by atoms with Crippen LogP contribution in [0, 0.1) is 6.92 Å². The van der Waals surface area contributed by atoms with Gasteiger partial charge in [-0.3, -0.25) is 0 Å². The molecule has 4 heteroatoms. The first-order valence-electron chi connectivity index (χ1n) is 7.72. The van der Waals surface area contributed by atoms with E-state index in [1.807, 2.05) is 80.6 Å². The fraction of sp³-hybridized carbons (Fsp3) is 0.143. The molecule has 0 amide bonds. The van der Waals surface area contributed by atoms with Crippen molar-refractivity contribution in [3.05, 3.63) is 78.7 Å². The van der Waals surface area contributed by atoms with Crippen molar-refractivity contribution in [3.63, 3.8) is 0 Å². The minimum absolute atomic E-state index is 0. The summed E-state index contributed by atoms with van der Waals surface area (Å²) in [5.74, 6) is 2.17. The van der Waals surface area contributed by atoms with E-state index in [1.54, 1.807) is 6.20 Å². The van der Waals surface area contributed by atoms with Crippen molar-refractivity contribution in [3.8, 4) is 11.3 Å². The lowest BCUT2D eigenvalue weighted by Crippen LogP contribution is -1.69. The number of rotatable bonds is 2. The second-order valence-electron chi connectivity index (χ2n) is 5.13. The number of para-hydroxylation sites is 2. The summed E-state index contributed by atoms with van der Waals surface area (Å²) >= 11 is 0. The normalized spacial score (nSPS) is 10.3. The van der Waals surface area contributed by atoms with Crippen LogP contribution in [0.2, 0.25) is 0 Å². The van der Waals surface area contributed by atoms with Crippen molar-refractivity contribution < 1.29 is 8.83 Å². The second kappa shape index (κ2) is 8.64. The van der Waals surface area contributed by atoms with Crippen molar-refractivity contribution in [1.82, 2.24) is 9.97 Å². The Hall–Kier alpha value is -3.14. The SMILES string of the molecule is C.C/C=C/c1ncc(-c2ccccc2)o1.Cc1nc2ccccc2o1. The van der Waals surface area contributed by atoms with Crippen LogP contribution in [0.1, 0.15) is 26.1 Å². The minimum atomic E-state index is 0. The lowest BCUT2D eigenvalue weighted by atomic mass is 10.2. The molecule has 0 radical (unpaired) electrons. The largest absolute Gasteiger partial charge is 0.441 e.